The fraction of sp³-hybridized carbons (Fsp3) is 0.316. The summed E-state index contributed by atoms with van der Waals surface area (Å²) in [4.78, 5) is 12.0. The van der Waals surface area contributed by atoms with Crippen LogP contribution in [-0.2, 0) is 17.0 Å². The number of hydrogen-bond acceptors (Lipinski definition) is 4. The minimum Gasteiger partial charge on any atom is -0.497 e. The number of rotatable bonds is 9. The van der Waals surface area contributed by atoms with Crippen LogP contribution in [0.5, 0.6) is 11.5 Å². The number of benzene rings is 2. The summed E-state index contributed by atoms with van der Waals surface area (Å²) in [5.74, 6) is 2.78. The maximum Gasteiger partial charge on any atom is 0.230 e. The Bertz CT molecular complexity index is 709. The van der Waals surface area contributed by atoms with Crippen molar-refractivity contribution < 1.29 is 14.3 Å². The third-order valence-electron chi connectivity index (χ3n) is 3.59. The minimum atomic E-state index is 0.0221. The average Bonchev–Trinajstić information content (AvgIpc) is 2.61. The van der Waals surface area contributed by atoms with E-state index in [1.165, 1.54) is 0 Å². The van der Waals surface area contributed by atoms with E-state index in [2.05, 4.69) is 5.32 Å². The van der Waals surface area contributed by atoms with Crippen molar-refractivity contribution in [1.82, 2.24) is 5.32 Å². The molecule has 0 spiro atoms. The Balaban J connectivity index is 1.73. The molecule has 0 bridgehead atoms. The number of methoxy groups -OCH3 is 2. The summed E-state index contributed by atoms with van der Waals surface area (Å²) in [7, 11) is 3.26. The van der Waals surface area contributed by atoms with Crippen LogP contribution < -0.4 is 14.8 Å². The molecule has 0 fully saturated rings. The maximum atomic E-state index is 12.0. The zero-order valence-corrected chi connectivity index (χ0v) is 16.0. The quantitative estimate of drug-likeness (QED) is 0.716. The second-order valence-electron chi connectivity index (χ2n) is 5.40. The number of carbonyl (C=O) groups is 1. The molecule has 6 heteroatoms. The lowest BCUT2D eigenvalue weighted by atomic mass is 10.1. The number of amides is 1. The Morgan fingerprint density at radius 3 is 2.72 bits per heavy atom. The standard InChI is InChI=1S/C19H22ClNO3S/c1-23-17-6-7-18(24-2)15(11-17)8-9-21-19(22)13-25-12-14-4-3-5-16(20)10-14/h3-7,10-11H,8-9,12-13H2,1-2H3,(H,21,22). The Morgan fingerprint density at radius 1 is 1.16 bits per heavy atom. The van der Waals surface area contributed by atoms with E-state index in [1.807, 2.05) is 42.5 Å². The Kier molecular flexibility index (Phi) is 7.95. The molecule has 4 nitrogen and oxygen atoms in total. The summed E-state index contributed by atoms with van der Waals surface area (Å²) >= 11 is 7.52. The highest BCUT2D eigenvalue weighted by Crippen LogP contribution is 2.24. The third kappa shape index (κ3) is 6.52. The molecule has 0 aliphatic heterocycles. The van der Waals surface area contributed by atoms with Gasteiger partial charge in [-0.2, -0.15) is 0 Å². The van der Waals surface area contributed by atoms with Crippen LogP contribution in [-0.4, -0.2) is 32.4 Å². The van der Waals surface area contributed by atoms with Gasteiger partial charge in [0.2, 0.25) is 5.91 Å². The van der Waals surface area contributed by atoms with E-state index in [4.69, 9.17) is 21.1 Å². The largest absolute Gasteiger partial charge is 0.497 e. The van der Waals surface area contributed by atoms with Gasteiger partial charge in [0.05, 0.1) is 20.0 Å². The molecule has 0 radical (unpaired) electrons. The smallest absolute Gasteiger partial charge is 0.230 e. The number of nitrogens with one attached hydrogen (secondary N) is 1. The van der Waals surface area contributed by atoms with E-state index in [0.29, 0.717) is 18.7 Å². The van der Waals surface area contributed by atoms with Crippen LogP contribution in [0.3, 0.4) is 0 Å². The van der Waals surface area contributed by atoms with E-state index in [1.54, 1.807) is 26.0 Å². The molecule has 1 amide bonds. The highest BCUT2D eigenvalue weighted by molar-refractivity contribution is 7.99. The Labute approximate surface area is 157 Å². The second-order valence-corrected chi connectivity index (χ2v) is 6.82. The first-order valence-corrected chi connectivity index (χ1v) is 9.45. The molecule has 0 aliphatic carbocycles. The molecule has 0 heterocycles. The van der Waals surface area contributed by atoms with Crippen molar-refractivity contribution >= 4 is 29.3 Å². The average molecular weight is 380 g/mol. The van der Waals surface area contributed by atoms with Crippen molar-refractivity contribution in [2.45, 2.75) is 12.2 Å². The van der Waals surface area contributed by atoms with Gasteiger partial charge >= 0.3 is 0 Å². The van der Waals surface area contributed by atoms with Crippen molar-refractivity contribution in [3.05, 3.63) is 58.6 Å². The second kappa shape index (κ2) is 10.2. The molecule has 2 aromatic rings. The lowest BCUT2D eigenvalue weighted by molar-refractivity contribution is -0.118. The number of halogens is 1. The number of hydrogen-bond donors (Lipinski definition) is 1. The number of ether oxygens (including phenoxy) is 2. The van der Waals surface area contributed by atoms with Gasteiger partial charge in [0.15, 0.2) is 0 Å². The van der Waals surface area contributed by atoms with Crippen molar-refractivity contribution in [2.75, 3.05) is 26.5 Å². The number of carbonyl (C=O) groups excluding carboxylic acids is 1. The topological polar surface area (TPSA) is 47.6 Å². The molecule has 0 aliphatic rings. The molecule has 0 aromatic heterocycles. The molecule has 134 valence electrons. The Morgan fingerprint density at radius 2 is 2.00 bits per heavy atom. The molecule has 0 saturated heterocycles. The number of thioether (sulfide) groups is 1. The molecule has 2 rings (SSSR count). The van der Waals surface area contributed by atoms with E-state index >= 15 is 0 Å². The monoisotopic (exact) mass is 379 g/mol. The molecular formula is C19H22ClNO3S. The van der Waals surface area contributed by atoms with Crippen molar-refractivity contribution in [3.63, 3.8) is 0 Å². The van der Waals surface area contributed by atoms with Gasteiger partial charge in [-0.15, -0.1) is 11.8 Å². The van der Waals surface area contributed by atoms with Crippen molar-refractivity contribution in [3.8, 4) is 11.5 Å². The zero-order valence-electron chi connectivity index (χ0n) is 14.4. The first-order chi connectivity index (χ1) is 12.1. The van der Waals surface area contributed by atoms with Gasteiger partial charge in [0.1, 0.15) is 11.5 Å². The zero-order chi connectivity index (χ0) is 18.1. The maximum absolute atomic E-state index is 12.0. The van der Waals surface area contributed by atoms with E-state index in [9.17, 15) is 4.79 Å². The van der Waals surface area contributed by atoms with Gasteiger partial charge in [0, 0.05) is 17.3 Å². The van der Waals surface area contributed by atoms with Gasteiger partial charge in [-0.1, -0.05) is 23.7 Å². The summed E-state index contributed by atoms with van der Waals surface area (Å²) in [5.41, 5.74) is 2.13. The van der Waals surface area contributed by atoms with Crippen LogP contribution in [0, 0.1) is 0 Å². The minimum absolute atomic E-state index is 0.0221. The summed E-state index contributed by atoms with van der Waals surface area (Å²) in [5, 5.41) is 3.65. The van der Waals surface area contributed by atoms with Gasteiger partial charge in [-0.05, 0) is 47.9 Å². The van der Waals surface area contributed by atoms with Crippen LogP contribution in [0.15, 0.2) is 42.5 Å². The van der Waals surface area contributed by atoms with Crippen molar-refractivity contribution in [2.24, 2.45) is 0 Å². The van der Waals surface area contributed by atoms with Gasteiger partial charge in [-0.3, -0.25) is 4.79 Å². The predicted octanol–water partition coefficient (Wildman–Crippen LogP) is 3.95. The van der Waals surface area contributed by atoms with Crippen LogP contribution in [0.1, 0.15) is 11.1 Å². The highest BCUT2D eigenvalue weighted by atomic mass is 35.5. The van der Waals surface area contributed by atoms with E-state index in [0.717, 1.165) is 33.4 Å². The third-order valence-corrected chi connectivity index (χ3v) is 4.83. The van der Waals surface area contributed by atoms with Gasteiger partial charge < -0.3 is 14.8 Å². The van der Waals surface area contributed by atoms with Crippen LogP contribution in [0.25, 0.3) is 0 Å². The van der Waals surface area contributed by atoms with Crippen LogP contribution >= 0.6 is 23.4 Å². The van der Waals surface area contributed by atoms with Gasteiger partial charge in [0.25, 0.3) is 0 Å². The summed E-state index contributed by atoms with van der Waals surface area (Å²) in [6.07, 6.45) is 0.686. The van der Waals surface area contributed by atoms with Crippen LogP contribution in [0.4, 0.5) is 0 Å². The summed E-state index contributed by atoms with van der Waals surface area (Å²) in [6, 6.07) is 13.3. The fourth-order valence-corrected chi connectivity index (χ4v) is 3.37. The highest BCUT2D eigenvalue weighted by Gasteiger charge is 2.07. The lowest BCUT2D eigenvalue weighted by Crippen LogP contribution is -2.27. The molecule has 0 atom stereocenters. The lowest BCUT2D eigenvalue weighted by Gasteiger charge is -2.11. The molecule has 0 saturated carbocycles. The summed E-state index contributed by atoms with van der Waals surface area (Å²) < 4.78 is 10.6. The molecule has 0 unspecified atom stereocenters. The molecule has 25 heavy (non-hydrogen) atoms. The normalized spacial score (nSPS) is 10.4. The SMILES string of the molecule is COc1ccc(OC)c(CCNC(=O)CSCc2cccc(Cl)c2)c1. The van der Waals surface area contributed by atoms with Crippen molar-refractivity contribution in [1.29, 1.82) is 0 Å². The van der Waals surface area contributed by atoms with Gasteiger partial charge in [-0.25, -0.2) is 0 Å². The predicted molar refractivity (Wildman–Crippen MR) is 104 cm³/mol. The fourth-order valence-electron chi connectivity index (χ4n) is 2.35. The molecule has 2 aromatic carbocycles. The molecular weight excluding hydrogens is 358 g/mol. The Hall–Kier alpha value is -1.85. The van der Waals surface area contributed by atoms with E-state index in [-0.39, 0.29) is 5.91 Å². The van der Waals surface area contributed by atoms with Crippen LogP contribution in [0.2, 0.25) is 5.02 Å². The van der Waals surface area contributed by atoms with E-state index < -0.39 is 0 Å². The first kappa shape index (κ1) is 19.5. The molecule has 1 N–H and O–H groups in total. The first-order valence-electron chi connectivity index (χ1n) is 7.92. The summed E-state index contributed by atoms with van der Waals surface area (Å²) in [6.45, 7) is 0.556.